The number of carbonyl (C=O) groups excluding carboxylic acids is 1. The van der Waals surface area contributed by atoms with Gasteiger partial charge in [-0.05, 0) is 32.0 Å². The van der Waals surface area contributed by atoms with Crippen LogP contribution in [0.15, 0.2) is 18.2 Å². The van der Waals surface area contributed by atoms with Gasteiger partial charge in [-0.2, -0.15) is 0 Å². The average Bonchev–Trinajstić information content (AvgIpc) is 2.21. The smallest absolute Gasteiger partial charge is 0.252 e. The maximum atomic E-state index is 11.9. The summed E-state index contributed by atoms with van der Waals surface area (Å²) in [6, 6.07) is 4.19. The molecule has 0 saturated heterocycles. The Morgan fingerprint density at radius 3 is 2.59 bits per heavy atom. The van der Waals surface area contributed by atoms with Crippen LogP contribution in [-0.4, -0.2) is 21.5 Å². The number of rotatable bonds is 3. The number of hydrogen-bond acceptors (Lipinski definition) is 3. The number of phenols is 1. The van der Waals surface area contributed by atoms with Gasteiger partial charge >= 0.3 is 0 Å². The summed E-state index contributed by atoms with van der Waals surface area (Å²) in [5, 5.41) is 12.0. The van der Waals surface area contributed by atoms with Crippen molar-refractivity contribution in [3.63, 3.8) is 0 Å². The molecule has 0 spiro atoms. The summed E-state index contributed by atoms with van der Waals surface area (Å²) in [5.41, 5.74) is 5.05. The molecule has 1 amide bonds. The van der Waals surface area contributed by atoms with Crippen LogP contribution in [0.1, 0.15) is 24.2 Å². The first-order chi connectivity index (χ1) is 7.74. The Hall–Kier alpha value is -1.33. The molecule has 4 N–H and O–H groups in total. The Morgan fingerprint density at radius 2 is 2.12 bits per heavy atom. The van der Waals surface area contributed by atoms with Crippen molar-refractivity contribution in [1.29, 1.82) is 0 Å². The fourth-order valence-corrected chi connectivity index (χ4v) is 1.30. The summed E-state index contributed by atoms with van der Waals surface area (Å²) in [6.45, 7) is 3.41. The van der Waals surface area contributed by atoms with E-state index >= 15 is 0 Å². The monoisotopic (exact) mass is 272 g/mol. The molecule has 0 atom stereocenters. The standard InChI is InChI=1S/C11H13ClN2O2S/c1-11(2,10(13)17)14-9(16)6-3-4-8(15)7(12)5-6/h3-5,15H,1-2H3,(H2,13,17)(H,14,16). The van der Waals surface area contributed by atoms with Gasteiger partial charge in [-0.1, -0.05) is 23.8 Å². The second-order valence-corrected chi connectivity index (χ2v) is 4.96. The zero-order valence-corrected chi connectivity index (χ0v) is 11.0. The second-order valence-electron chi connectivity index (χ2n) is 4.11. The van der Waals surface area contributed by atoms with Crippen molar-refractivity contribution in [3.05, 3.63) is 28.8 Å². The molecule has 0 saturated carbocycles. The largest absolute Gasteiger partial charge is 0.506 e. The molecule has 17 heavy (non-hydrogen) atoms. The van der Waals surface area contributed by atoms with Crippen LogP contribution in [0.4, 0.5) is 0 Å². The molecular weight excluding hydrogens is 260 g/mol. The molecule has 92 valence electrons. The van der Waals surface area contributed by atoms with Crippen LogP contribution in [0, 0.1) is 0 Å². The Kier molecular flexibility index (Phi) is 3.95. The van der Waals surface area contributed by atoms with Crippen molar-refractivity contribution in [1.82, 2.24) is 5.32 Å². The SMILES string of the molecule is CC(C)(NC(=O)c1ccc(O)c(Cl)c1)C(N)=S. The van der Waals surface area contributed by atoms with Gasteiger partial charge in [0.1, 0.15) is 5.75 Å². The van der Waals surface area contributed by atoms with Gasteiger partial charge in [0.25, 0.3) is 5.91 Å². The molecule has 0 aliphatic carbocycles. The molecule has 0 aliphatic rings. The van der Waals surface area contributed by atoms with Crippen LogP contribution >= 0.6 is 23.8 Å². The zero-order valence-electron chi connectivity index (χ0n) is 9.45. The van der Waals surface area contributed by atoms with Crippen molar-refractivity contribution in [3.8, 4) is 5.75 Å². The highest BCUT2D eigenvalue weighted by molar-refractivity contribution is 7.80. The Labute approximate surface area is 110 Å². The molecule has 4 nitrogen and oxygen atoms in total. The predicted octanol–water partition coefficient (Wildman–Crippen LogP) is 1.84. The van der Waals surface area contributed by atoms with Crippen molar-refractivity contribution in [2.24, 2.45) is 5.73 Å². The fourth-order valence-electron chi connectivity index (χ4n) is 1.07. The summed E-state index contributed by atoms with van der Waals surface area (Å²) < 4.78 is 0. The number of amides is 1. The number of halogens is 1. The average molecular weight is 273 g/mol. The van der Waals surface area contributed by atoms with Crippen LogP contribution < -0.4 is 11.1 Å². The third-order valence-electron chi connectivity index (χ3n) is 2.25. The molecule has 0 bridgehead atoms. The summed E-state index contributed by atoms with van der Waals surface area (Å²) >= 11 is 10.6. The van der Waals surface area contributed by atoms with Crippen LogP contribution in [0.25, 0.3) is 0 Å². The minimum absolute atomic E-state index is 0.0724. The molecular formula is C11H13ClN2O2S. The Morgan fingerprint density at radius 1 is 1.53 bits per heavy atom. The zero-order chi connectivity index (χ0) is 13.2. The lowest BCUT2D eigenvalue weighted by Crippen LogP contribution is -2.52. The fraction of sp³-hybridized carbons (Fsp3) is 0.273. The van der Waals surface area contributed by atoms with Crippen molar-refractivity contribution in [2.45, 2.75) is 19.4 Å². The van der Waals surface area contributed by atoms with Gasteiger partial charge in [0, 0.05) is 5.56 Å². The highest BCUT2D eigenvalue weighted by atomic mass is 35.5. The highest BCUT2D eigenvalue weighted by Gasteiger charge is 2.24. The van der Waals surface area contributed by atoms with E-state index in [1.165, 1.54) is 18.2 Å². The Bertz CT molecular complexity index is 475. The summed E-state index contributed by atoms with van der Waals surface area (Å²) in [4.78, 5) is 12.1. The van der Waals surface area contributed by atoms with E-state index in [0.717, 1.165) is 0 Å². The van der Waals surface area contributed by atoms with E-state index in [4.69, 9.17) is 29.6 Å². The number of aromatic hydroxyl groups is 1. The number of nitrogens with two attached hydrogens (primary N) is 1. The van der Waals surface area contributed by atoms with Gasteiger partial charge in [-0.3, -0.25) is 4.79 Å². The Balaban J connectivity index is 2.91. The van der Waals surface area contributed by atoms with Gasteiger partial charge in [-0.25, -0.2) is 0 Å². The molecule has 0 unspecified atom stereocenters. The van der Waals surface area contributed by atoms with Crippen molar-refractivity contribution in [2.75, 3.05) is 0 Å². The van der Waals surface area contributed by atoms with Crippen molar-refractivity contribution < 1.29 is 9.90 Å². The molecule has 1 rings (SSSR count). The first kappa shape index (κ1) is 13.7. The van der Waals surface area contributed by atoms with Gasteiger partial charge in [0.05, 0.1) is 15.6 Å². The molecule has 1 aromatic carbocycles. The topological polar surface area (TPSA) is 75.3 Å². The van der Waals surface area contributed by atoms with Crippen LogP contribution in [0.2, 0.25) is 5.02 Å². The predicted molar refractivity (Wildman–Crippen MR) is 71.4 cm³/mol. The maximum absolute atomic E-state index is 11.9. The van der Waals surface area contributed by atoms with Gasteiger partial charge in [0.2, 0.25) is 0 Å². The quantitative estimate of drug-likeness (QED) is 0.734. The summed E-state index contributed by atoms with van der Waals surface area (Å²) in [7, 11) is 0. The van der Waals surface area contributed by atoms with Gasteiger partial charge in [0.15, 0.2) is 0 Å². The number of nitrogens with one attached hydrogen (secondary N) is 1. The summed E-state index contributed by atoms with van der Waals surface area (Å²) in [6.07, 6.45) is 0. The van der Waals surface area contributed by atoms with Gasteiger partial charge < -0.3 is 16.2 Å². The third kappa shape index (κ3) is 3.31. The number of carbonyl (C=O) groups is 1. The molecule has 0 fully saturated rings. The maximum Gasteiger partial charge on any atom is 0.252 e. The number of benzene rings is 1. The van der Waals surface area contributed by atoms with E-state index in [1.807, 2.05) is 0 Å². The number of hydrogen-bond donors (Lipinski definition) is 3. The van der Waals surface area contributed by atoms with E-state index in [9.17, 15) is 9.90 Å². The molecule has 0 aliphatic heterocycles. The minimum atomic E-state index is -0.781. The molecule has 0 heterocycles. The van der Waals surface area contributed by atoms with E-state index < -0.39 is 5.54 Å². The molecule has 0 radical (unpaired) electrons. The summed E-state index contributed by atoms with van der Waals surface area (Å²) in [5.74, 6) is -0.429. The number of thiocarbonyl (C=S) groups is 1. The first-order valence-corrected chi connectivity index (χ1v) is 5.63. The van der Waals surface area contributed by atoms with Crippen LogP contribution in [0.5, 0.6) is 5.75 Å². The van der Waals surface area contributed by atoms with Crippen molar-refractivity contribution >= 4 is 34.7 Å². The minimum Gasteiger partial charge on any atom is -0.506 e. The highest BCUT2D eigenvalue weighted by Crippen LogP contribution is 2.23. The van der Waals surface area contributed by atoms with Gasteiger partial charge in [-0.15, -0.1) is 0 Å². The third-order valence-corrected chi connectivity index (χ3v) is 3.06. The lowest BCUT2D eigenvalue weighted by molar-refractivity contribution is 0.0932. The molecule has 6 heteroatoms. The molecule has 0 aromatic heterocycles. The first-order valence-electron chi connectivity index (χ1n) is 4.85. The van der Waals surface area contributed by atoms with E-state index in [2.05, 4.69) is 5.32 Å². The number of phenolic OH excluding ortho intramolecular Hbond substituents is 1. The second kappa shape index (κ2) is 4.89. The molecule has 1 aromatic rings. The lowest BCUT2D eigenvalue weighted by Gasteiger charge is -2.24. The van der Waals surface area contributed by atoms with Crippen LogP contribution in [-0.2, 0) is 0 Å². The van der Waals surface area contributed by atoms with E-state index in [0.29, 0.717) is 5.56 Å². The normalized spacial score (nSPS) is 11.0. The lowest BCUT2D eigenvalue weighted by atomic mass is 10.0. The van der Waals surface area contributed by atoms with E-state index in [-0.39, 0.29) is 21.7 Å². The van der Waals surface area contributed by atoms with Crippen LogP contribution in [0.3, 0.4) is 0 Å². The van der Waals surface area contributed by atoms with E-state index in [1.54, 1.807) is 13.8 Å².